The highest BCUT2D eigenvalue weighted by Crippen LogP contribution is 2.14. The van der Waals surface area contributed by atoms with Crippen molar-refractivity contribution in [3.05, 3.63) is 132 Å². The van der Waals surface area contributed by atoms with Gasteiger partial charge in [-0.2, -0.15) is 0 Å². The quantitative estimate of drug-likeness (QED) is 0.0183. The Hall–Kier alpha value is -9.27. The number of benzene rings is 4. The molecule has 4 rings (SSSR count). The van der Waals surface area contributed by atoms with E-state index in [0.29, 0.717) is 57.9 Å². The number of ketones is 9. The molecule has 0 aliphatic rings. The number of amides is 8. The van der Waals surface area contributed by atoms with Crippen molar-refractivity contribution in [3.8, 4) is 0 Å². The van der Waals surface area contributed by atoms with Crippen LogP contribution in [-0.4, -0.2) is 168 Å². The highest BCUT2D eigenvalue weighted by atomic mass is 32.2. The van der Waals surface area contributed by atoms with E-state index >= 15 is 0 Å². The molecular formula is C93H156N12O17S2. The van der Waals surface area contributed by atoms with Crippen molar-refractivity contribution in [2.75, 3.05) is 26.2 Å². The Bertz CT molecular complexity index is 3850. The third-order valence-corrected chi connectivity index (χ3v) is 21.4. The predicted octanol–water partition coefficient (Wildman–Crippen LogP) is 14.7. The molecule has 31 heteroatoms. The van der Waals surface area contributed by atoms with Crippen molar-refractivity contribution >= 4 is 96.2 Å². The molecule has 8 atom stereocenters. The summed E-state index contributed by atoms with van der Waals surface area (Å²) in [5.41, 5.74) is 2.55. The minimum absolute atomic E-state index is 0.0118. The second kappa shape index (κ2) is 76.2. The van der Waals surface area contributed by atoms with Crippen LogP contribution in [0.3, 0.4) is 0 Å². The lowest BCUT2D eigenvalue weighted by Crippen LogP contribution is -2.50. The number of Topliss-reactive ketones (excluding diaryl/α,β-unsaturated/α-hetero) is 9. The zero-order chi connectivity index (χ0) is 94.9. The molecule has 12 N–H and O–H groups in total. The Morgan fingerprint density at radius 2 is 0.516 bits per heavy atom. The van der Waals surface area contributed by atoms with Crippen molar-refractivity contribution in [1.29, 1.82) is 0 Å². The first kappa shape index (κ1) is 121. The third-order valence-electron chi connectivity index (χ3n) is 18.5. The maximum absolute atomic E-state index is 12.2. The molecule has 0 fully saturated rings. The topological polar surface area (TPSA) is 435 Å². The van der Waals surface area contributed by atoms with Crippen LogP contribution < -0.4 is 62.6 Å². The van der Waals surface area contributed by atoms with Crippen LogP contribution in [0, 0.1) is 0 Å². The van der Waals surface area contributed by atoms with Crippen LogP contribution in [0.15, 0.2) is 131 Å². The Morgan fingerprint density at radius 1 is 0.282 bits per heavy atom. The van der Waals surface area contributed by atoms with Crippen molar-refractivity contribution in [3.63, 3.8) is 0 Å². The minimum Gasteiger partial charge on any atom is -0.336 e. The molecule has 0 spiro atoms. The molecule has 0 radical (unpaired) electrons. The summed E-state index contributed by atoms with van der Waals surface area (Å²) in [4.78, 5) is 152. The van der Waals surface area contributed by atoms with Gasteiger partial charge in [-0.1, -0.05) is 186 Å². The Morgan fingerprint density at radius 3 is 0.782 bits per heavy atom. The Kier molecular flexibility index (Phi) is 74.4. The number of urea groups is 4. The van der Waals surface area contributed by atoms with E-state index in [1.807, 2.05) is 113 Å². The van der Waals surface area contributed by atoms with Gasteiger partial charge in [-0.05, 0) is 214 Å². The fourth-order valence-electron chi connectivity index (χ4n) is 11.4. The van der Waals surface area contributed by atoms with Gasteiger partial charge in [0.1, 0.15) is 23.1 Å². The van der Waals surface area contributed by atoms with E-state index in [4.69, 9.17) is 0 Å². The van der Waals surface area contributed by atoms with Gasteiger partial charge in [0.15, 0.2) is 28.9 Å². The SMILES string of the molecule is CC.CC.CC.CC.CC(=O)CCC(NC(=O)NC(C)CCCCNCc1ccccc1)C(C)=O.CC(=O)CCC(NC(=O)NC(CCCCNS(=O)(=O)c1ccccc1)C(C)=O)C(C)=O.CCC(CCCCNCc1ccccc1)NC(=O)NC(CCC(C)=O)C(C)=O.CCC(CCCCNS(=O)(=O)c1ccccc1)NC(=O)NC(CCC(C)=O)C(C)=O. The zero-order valence-corrected chi connectivity index (χ0v) is 79.9. The minimum atomic E-state index is -3.58. The lowest BCUT2D eigenvalue weighted by molar-refractivity contribution is -0.121. The van der Waals surface area contributed by atoms with Gasteiger partial charge in [-0.25, -0.2) is 45.5 Å². The first-order valence-electron chi connectivity index (χ1n) is 44.3. The molecule has 4 aromatic rings. The molecule has 0 saturated carbocycles. The molecule has 29 nitrogen and oxygen atoms in total. The maximum atomic E-state index is 12.2. The summed E-state index contributed by atoms with van der Waals surface area (Å²) < 4.78 is 53.7. The summed E-state index contributed by atoms with van der Waals surface area (Å²) in [5.74, 6) is -1.07. The zero-order valence-electron chi connectivity index (χ0n) is 78.2. The lowest BCUT2D eigenvalue weighted by atomic mass is 10.1. The number of hydrogen-bond donors (Lipinski definition) is 12. The van der Waals surface area contributed by atoms with E-state index in [9.17, 15) is 79.2 Å². The molecule has 0 aliphatic carbocycles. The molecule has 0 aliphatic heterocycles. The van der Waals surface area contributed by atoms with Gasteiger partial charge in [0.05, 0.1) is 40.0 Å². The molecule has 4 aromatic carbocycles. The van der Waals surface area contributed by atoms with Crippen LogP contribution in [-0.2, 0) is 76.3 Å². The lowest BCUT2D eigenvalue weighted by Gasteiger charge is -2.20. The van der Waals surface area contributed by atoms with Gasteiger partial charge in [-0.3, -0.25) is 24.0 Å². The normalized spacial score (nSPS) is 12.4. The van der Waals surface area contributed by atoms with Crippen LogP contribution >= 0.6 is 0 Å². The van der Waals surface area contributed by atoms with Gasteiger partial charge in [-0.15, -0.1) is 0 Å². The van der Waals surface area contributed by atoms with Gasteiger partial charge in [0, 0.05) is 70.0 Å². The van der Waals surface area contributed by atoms with Crippen LogP contribution in [0.25, 0.3) is 0 Å². The van der Waals surface area contributed by atoms with Crippen LogP contribution in [0.2, 0.25) is 0 Å². The van der Waals surface area contributed by atoms with Crippen molar-refractivity contribution < 1.29 is 79.2 Å². The number of carbonyl (C=O) groups is 13. The number of rotatable bonds is 55. The molecule has 0 aromatic heterocycles. The Balaban J connectivity index is -0.000000753. The number of sulfonamides is 2. The summed E-state index contributed by atoms with van der Waals surface area (Å²) in [7, 11) is -7.09. The van der Waals surface area contributed by atoms with Crippen molar-refractivity contribution in [2.24, 2.45) is 0 Å². The van der Waals surface area contributed by atoms with Crippen LogP contribution in [0.5, 0.6) is 0 Å². The molecule has 0 saturated heterocycles. The number of nitrogens with one attached hydrogen (secondary N) is 12. The standard InChI is InChI=1S/C22H35N3O3.C21H31N3O6S.C21H33N3O5S.C21H33N3O3.4C2H6/c1-4-20(12-8-9-15-23-16-19-10-6-5-7-11-19)24-22(28)25-21(18(3)27)14-13-17(2)26;1-15(25)12-13-20(17(3)27)24-21(28)23-19(16(2)26)11-7-8-14-22-31(29,30)18-9-5-4-6-10-18;1-4-18(23-21(27)24-20(17(3)26)14-13-16(2)25)10-8-9-15-22-30(28,29)19-11-6-5-7-12-19;1-16(9-7-8-14-22-15-19-10-5-4-6-11-19)23-21(27)24-20(18(3)26)13-12-17(2)25;4*1-2/h5-7,10-11,20-21,23H,4,8-9,12-16H2,1-3H3,(H2,24,25,28);4-6,9-10,19-20,22H,7-8,11-14H2,1-3H3,(H2,23,24,28);5-7,11-12,18,20,22H,4,8-10,13-15H2,1-3H3,(H2,23,24,27);4-6,10-11,16,20,22H,7-9,12-15H2,1-3H3,(H2,23,24,27);4*1-2H3. The van der Waals surface area contributed by atoms with Crippen LogP contribution in [0.1, 0.15) is 291 Å². The monoisotopic (exact) mass is 1780 g/mol. The summed E-state index contributed by atoms with van der Waals surface area (Å²) >= 11 is 0. The van der Waals surface area contributed by atoms with E-state index < -0.39 is 62.3 Å². The fourth-order valence-corrected chi connectivity index (χ4v) is 13.6. The molecule has 702 valence electrons. The summed E-state index contributed by atoms with van der Waals surface area (Å²) in [6.07, 6.45) is 13.0. The molecular weight excluding hydrogens is 1620 g/mol. The van der Waals surface area contributed by atoms with E-state index in [-0.39, 0.29) is 137 Å². The van der Waals surface area contributed by atoms with E-state index in [0.717, 1.165) is 77.5 Å². The smallest absolute Gasteiger partial charge is 0.315 e. The van der Waals surface area contributed by atoms with Crippen molar-refractivity contribution in [1.82, 2.24) is 62.6 Å². The molecule has 8 amide bonds. The van der Waals surface area contributed by atoms with Crippen molar-refractivity contribution in [2.45, 2.75) is 351 Å². The predicted molar refractivity (Wildman–Crippen MR) is 497 cm³/mol. The molecule has 0 heterocycles. The number of hydrogen-bond acceptors (Lipinski definition) is 19. The number of carbonyl (C=O) groups excluding carboxylic acids is 13. The first-order valence-corrected chi connectivity index (χ1v) is 47.3. The summed E-state index contributed by atoms with van der Waals surface area (Å²) in [5, 5.41) is 28.6. The fraction of sp³-hybridized carbons (Fsp3) is 0.602. The molecule has 0 bridgehead atoms. The second-order valence-corrected chi connectivity index (χ2v) is 32.6. The summed E-state index contributed by atoms with van der Waals surface area (Å²) in [6.45, 7) is 38.8. The van der Waals surface area contributed by atoms with Crippen LogP contribution in [0.4, 0.5) is 19.2 Å². The number of unbranched alkanes of at least 4 members (excludes halogenated alkanes) is 4. The van der Waals surface area contributed by atoms with Gasteiger partial charge in [0.2, 0.25) is 20.0 Å². The first-order chi connectivity index (χ1) is 59.0. The third kappa shape index (κ3) is 65.4. The molecule has 8 unspecified atom stereocenters. The molecule has 124 heavy (non-hydrogen) atoms. The highest BCUT2D eigenvalue weighted by molar-refractivity contribution is 7.89. The maximum Gasteiger partial charge on any atom is 0.315 e. The Labute approximate surface area is 743 Å². The van der Waals surface area contributed by atoms with Gasteiger partial charge >= 0.3 is 24.1 Å². The summed E-state index contributed by atoms with van der Waals surface area (Å²) in [6, 6.07) is 31.6. The van der Waals surface area contributed by atoms with E-state index in [2.05, 4.69) is 86.9 Å². The highest BCUT2D eigenvalue weighted by Gasteiger charge is 2.25. The average Bonchev–Trinajstić information content (AvgIpc) is 0.859. The average molecular weight is 1780 g/mol. The van der Waals surface area contributed by atoms with Gasteiger partial charge < -0.3 is 72.3 Å². The van der Waals surface area contributed by atoms with E-state index in [1.165, 1.54) is 85.6 Å². The van der Waals surface area contributed by atoms with Gasteiger partial charge in [0.25, 0.3) is 0 Å². The van der Waals surface area contributed by atoms with E-state index in [1.54, 1.807) is 48.5 Å². The largest absolute Gasteiger partial charge is 0.336 e. The second-order valence-electron chi connectivity index (χ2n) is 29.1.